The number of rotatable bonds is 8. The number of amides is 1. The monoisotopic (exact) mass is 331 g/mol. The molecule has 1 N–H and O–H groups in total. The van der Waals surface area contributed by atoms with Crippen LogP contribution in [0.4, 0.5) is 5.69 Å². The fourth-order valence-electron chi connectivity index (χ4n) is 1.96. The maximum Gasteiger partial charge on any atom is 0.269 e. The third-order valence-electron chi connectivity index (χ3n) is 3.16. The molecule has 0 fully saturated rings. The summed E-state index contributed by atoms with van der Waals surface area (Å²) in [5, 5.41) is 16.4. The van der Waals surface area contributed by atoms with Gasteiger partial charge < -0.3 is 0 Å². The van der Waals surface area contributed by atoms with Crippen LogP contribution < -0.4 is 5.43 Å². The number of hydrogen-bond acceptors (Lipinski definition) is 5. The minimum atomic E-state index is -0.459. The molecule has 0 radical (unpaired) electrons. The van der Waals surface area contributed by atoms with Crippen LogP contribution in [-0.4, -0.2) is 17.0 Å². The van der Waals surface area contributed by atoms with E-state index in [-0.39, 0.29) is 11.6 Å². The van der Waals surface area contributed by atoms with Gasteiger partial charge in [0.15, 0.2) is 0 Å². The molecule has 0 spiro atoms. The van der Waals surface area contributed by atoms with Crippen LogP contribution in [0.3, 0.4) is 0 Å². The summed E-state index contributed by atoms with van der Waals surface area (Å²) in [7, 11) is 0. The maximum atomic E-state index is 11.6. The Labute approximate surface area is 138 Å². The highest BCUT2D eigenvalue weighted by atomic mass is 32.1. The molecule has 0 saturated carbocycles. The molecule has 6 nitrogen and oxygen atoms in total. The number of non-ortho nitro benzene ring substituents is 1. The van der Waals surface area contributed by atoms with Gasteiger partial charge in [0.2, 0.25) is 5.91 Å². The van der Waals surface area contributed by atoms with Gasteiger partial charge in [0.25, 0.3) is 5.69 Å². The molecular formula is C16H17N3O3S. The molecule has 0 bridgehead atoms. The van der Waals surface area contributed by atoms with Gasteiger partial charge in [-0.1, -0.05) is 6.07 Å². The van der Waals surface area contributed by atoms with Gasteiger partial charge >= 0.3 is 0 Å². The predicted octanol–water partition coefficient (Wildman–Crippen LogP) is 3.52. The highest BCUT2D eigenvalue weighted by molar-refractivity contribution is 7.09. The first kappa shape index (κ1) is 16.8. The highest BCUT2D eigenvalue weighted by Crippen LogP contribution is 2.12. The summed E-state index contributed by atoms with van der Waals surface area (Å²) in [6.45, 7) is 0. The molecule has 2 rings (SSSR count). The van der Waals surface area contributed by atoms with Crippen LogP contribution in [0.2, 0.25) is 0 Å². The van der Waals surface area contributed by atoms with E-state index < -0.39 is 4.92 Å². The standard InChI is InChI=1S/C16H17N3O3S/c20-16(6-2-1-4-15-5-3-11-23-15)18-17-12-13-7-9-14(10-8-13)19(21)22/h3,5,7-12H,1-2,4,6H2,(H,18,20). The van der Waals surface area contributed by atoms with Crippen molar-refractivity contribution < 1.29 is 9.72 Å². The fourth-order valence-corrected chi connectivity index (χ4v) is 2.71. The number of nitrogens with zero attached hydrogens (tertiary/aromatic N) is 2. The van der Waals surface area contributed by atoms with Gasteiger partial charge in [-0.2, -0.15) is 5.10 Å². The highest BCUT2D eigenvalue weighted by Gasteiger charge is 2.03. The molecule has 23 heavy (non-hydrogen) atoms. The Morgan fingerprint density at radius 3 is 2.70 bits per heavy atom. The third-order valence-corrected chi connectivity index (χ3v) is 4.10. The molecule has 1 heterocycles. The Morgan fingerprint density at radius 2 is 2.04 bits per heavy atom. The maximum absolute atomic E-state index is 11.6. The second kappa shape index (κ2) is 8.79. The summed E-state index contributed by atoms with van der Waals surface area (Å²) in [5.41, 5.74) is 3.17. The summed E-state index contributed by atoms with van der Waals surface area (Å²) in [4.78, 5) is 23.0. The van der Waals surface area contributed by atoms with Crippen molar-refractivity contribution in [2.24, 2.45) is 5.10 Å². The second-order valence-electron chi connectivity index (χ2n) is 4.93. The van der Waals surface area contributed by atoms with E-state index in [1.807, 2.05) is 6.07 Å². The molecule has 0 atom stereocenters. The summed E-state index contributed by atoms with van der Waals surface area (Å²) in [6.07, 6.45) is 4.68. The van der Waals surface area contributed by atoms with E-state index in [4.69, 9.17) is 0 Å². The minimum Gasteiger partial charge on any atom is -0.273 e. The minimum absolute atomic E-state index is 0.0249. The van der Waals surface area contributed by atoms with Crippen LogP contribution in [0.15, 0.2) is 46.9 Å². The van der Waals surface area contributed by atoms with E-state index in [1.165, 1.54) is 23.2 Å². The van der Waals surface area contributed by atoms with Crippen LogP contribution in [0, 0.1) is 10.1 Å². The van der Waals surface area contributed by atoms with E-state index in [2.05, 4.69) is 22.0 Å². The number of unbranched alkanes of at least 4 members (excludes halogenated alkanes) is 1. The van der Waals surface area contributed by atoms with Crippen LogP contribution in [0.25, 0.3) is 0 Å². The molecule has 0 unspecified atom stereocenters. The summed E-state index contributed by atoms with van der Waals surface area (Å²) < 4.78 is 0. The topological polar surface area (TPSA) is 84.6 Å². The number of carbonyl (C=O) groups excluding carboxylic acids is 1. The van der Waals surface area contributed by atoms with Crippen molar-refractivity contribution in [1.82, 2.24) is 5.43 Å². The number of carbonyl (C=O) groups is 1. The molecule has 1 aromatic carbocycles. The fraction of sp³-hybridized carbons (Fsp3) is 0.250. The Balaban J connectivity index is 1.66. The lowest BCUT2D eigenvalue weighted by Crippen LogP contribution is -2.16. The Morgan fingerprint density at radius 1 is 1.26 bits per heavy atom. The van der Waals surface area contributed by atoms with Crippen molar-refractivity contribution >= 4 is 29.1 Å². The van der Waals surface area contributed by atoms with Gasteiger partial charge in [-0.3, -0.25) is 14.9 Å². The Kier molecular flexibility index (Phi) is 6.43. The predicted molar refractivity (Wildman–Crippen MR) is 90.7 cm³/mol. The summed E-state index contributed by atoms with van der Waals surface area (Å²) in [5.74, 6) is -0.130. The third kappa shape index (κ3) is 5.99. The lowest BCUT2D eigenvalue weighted by molar-refractivity contribution is -0.384. The Hall–Kier alpha value is -2.54. The molecule has 120 valence electrons. The normalized spacial score (nSPS) is 10.8. The van der Waals surface area contributed by atoms with Crippen LogP contribution in [0.1, 0.15) is 29.7 Å². The second-order valence-corrected chi connectivity index (χ2v) is 5.96. The molecular weight excluding hydrogens is 314 g/mol. The smallest absolute Gasteiger partial charge is 0.269 e. The number of nitro benzene ring substituents is 1. The molecule has 0 aliphatic carbocycles. The zero-order chi connectivity index (χ0) is 16.5. The van der Waals surface area contributed by atoms with Gasteiger partial charge in [-0.15, -0.1) is 11.3 Å². The zero-order valence-electron chi connectivity index (χ0n) is 12.5. The average Bonchev–Trinajstić information content (AvgIpc) is 3.05. The quantitative estimate of drug-likeness (QED) is 0.347. The van der Waals surface area contributed by atoms with Crippen LogP contribution in [-0.2, 0) is 11.2 Å². The van der Waals surface area contributed by atoms with Crippen molar-refractivity contribution in [3.05, 3.63) is 62.3 Å². The van der Waals surface area contributed by atoms with Crippen molar-refractivity contribution in [3.8, 4) is 0 Å². The van der Waals surface area contributed by atoms with Crippen LogP contribution in [0.5, 0.6) is 0 Å². The van der Waals surface area contributed by atoms with E-state index in [0.29, 0.717) is 12.0 Å². The lowest BCUT2D eigenvalue weighted by atomic mass is 10.2. The largest absolute Gasteiger partial charge is 0.273 e. The molecule has 2 aromatic rings. The van der Waals surface area contributed by atoms with Crippen molar-refractivity contribution in [2.45, 2.75) is 25.7 Å². The molecule has 1 amide bonds. The molecule has 0 aliphatic heterocycles. The number of thiophene rings is 1. The van der Waals surface area contributed by atoms with E-state index >= 15 is 0 Å². The van der Waals surface area contributed by atoms with Gasteiger partial charge in [0.1, 0.15) is 0 Å². The SMILES string of the molecule is O=C(CCCCc1cccs1)NN=Cc1ccc([N+](=O)[O-])cc1. The van der Waals surface area contributed by atoms with Crippen molar-refractivity contribution in [2.75, 3.05) is 0 Å². The zero-order valence-corrected chi connectivity index (χ0v) is 13.3. The van der Waals surface area contributed by atoms with Gasteiger partial charge in [0, 0.05) is 23.4 Å². The van der Waals surface area contributed by atoms with E-state index in [1.54, 1.807) is 23.5 Å². The van der Waals surface area contributed by atoms with Crippen LogP contribution >= 0.6 is 11.3 Å². The lowest BCUT2D eigenvalue weighted by Gasteiger charge is -2.00. The van der Waals surface area contributed by atoms with Gasteiger partial charge in [-0.25, -0.2) is 5.43 Å². The Bertz CT molecular complexity index is 666. The number of hydrazone groups is 1. The molecule has 0 saturated heterocycles. The number of hydrogen-bond donors (Lipinski definition) is 1. The summed E-state index contributed by atoms with van der Waals surface area (Å²) in [6, 6.07) is 10.1. The van der Waals surface area contributed by atoms with Gasteiger partial charge in [-0.05, 0) is 48.4 Å². The van der Waals surface area contributed by atoms with Crippen molar-refractivity contribution in [1.29, 1.82) is 0 Å². The average molecular weight is 331 g/mol. The van der Waals surface area contributed by atoms with E-state index in [0.717, 1.165) is 19.3 Å². The number of aryl methyl sites for hydroxylation is 1. The first-order valence-electron chi connectivity index (χ1n) is 7.24. The first-order valence-corrected chi connectivity index (χ1v) is 8.12. The van der Waals surface area contributed by atoms with E-state index in [9.17, 15) is 14.9 Å². The summed E-state index contributed by atoms with van der Waals surface area (Å²) >= 11 is 1.73. The first-order chi connectivity index (χ1) is 11.1. The molecule has 1 aromatic heterocycles. The molecule has 0 aliphatic rings. The van der Waals surface area contributed by atoms with Gasteiger partial charge in [0.05, 0.1) is 11.1 Å². The number of benzene rings is 1. The molecule has 7 heteroatoms. The number of nitro groups is 1. The number of nitrogens with one attached hydrogen (secondary N) is 1. The van der Waals surface area contributed by atoms with Crippen molar-refractivity contribution in [3.63, 3.8) is 0 Å².